The first-order chi connectivity index (χ1) is 20.9. The van der Waals surface area contributed by atoms with Crippen LogP contribution in [0.15, 0.2) is 90.0 Å². The first-order valence-electron chi connectivity index (χ1n) is 13.5. The molecule has 0 saturated carbocycles. The molecule has 10 heteroatoms. The Bertz CT molecular complexity index is 1590. The lowest BCUT2D eigenvalue weighted by Gasteiger charge is -2.13. The highest BCUT2D eigenvalue weighted by atomic mass is 35.5. The number of hydrogen-bond donors (Lipinski definition) is 2. The minimum atomic E-state index is -0.421. The average molecular weight is 602 g/mol. The zero-order valence-corrected chi connectivity index (χ0v) is 24.8. The molecule has 0 spiro atoms. The molecular formula is C33H32ClN3O6. The van der Waals surface area contributed by atoms with Crippen molar-refractivity contribution in [2.75, 3.05) is 25.6 Å². The highest BCUT2D eigenvalue weighted by Crippen LogP contribution is 2.30. The Balaban J connectivity index is 1.33. The van der Waals surface area contributed by atoms with Crippen LogP contribution < -0.4 is 29.7 Å². The number of aryl methyl sites for hydroxylation is 1. The highest BCUT2D eigenvalue weighted by molar-refractivity contribution is 6.31. The molecule has 2 N–H and O–H groups in total. The van der Waals surface area contributed by atoms with Gasteiger partial charge in [0.2, 0.25) is 0 Å². The van der Waals surface area contributed by atoms with Crippen molar-refractivity contribution in [2.24, 2.45) is 5.10 Å². The maximum atomic E-state index is 12.7. The van der Waals surface area contributed by atoms with Crippen LogP contribution in [0.25, 0.3) is 0 Å². The zero-order valence-electron chi connectivity index (χ0n) is 24.1. The summed E-state index contributed by atoms with van der Waals surface area (Å²) in [6.07, 6.45) is 1.48. The molecule has 4 aromatic carbocycles. The smallest absolute Gasteiger partial charge is 0.271 e. The summed E-state index contributed by atoms with van der Waals surface area (Å²) in [7, 11) is 1.51. The van der Waals surface area contributed by atoms with Crippen molar-refractivity contribution < 1.29 is 28.5 Å². The molecule has 4 aromatic rings. The molecule has 4 rings (SSSR count). The number of anilines is 1. The van der Waals surface area contributed by atoms with Crippen molar-refractivity contribution in [3.63, 3.8) is 0 Å². The number of hydrogen-bond acceptors (Lipinski definition) is 7. The normalized spacial score (nSPS) is 10.7. The molecule has 0 aromatic heterocycles. The molecule has 43 heavy (non-hydrogen) atoms. The Labute approximate surface area is 255 Å². The van der Waals surface area contributed by atoms with E-state index < -0.39 is 5.91 Å². The van der Waals surface area contributed by atoms with E-state index in [0.29, 0.717) is 58.0 Å². The van der Waals surface area contributed by atoms with Gasteiger partial charge in [-0.1, -0.05) is 48.0 Å². The second-order valence-electron chi connectivity index (χ2n) is 9.28. The molecule has 222 valence electrons. The van der Waals surface area contributed by atoms with Crippen LogP contribution in [0.5, 0.6) is 23.0 Å². The maximum absolute atomic E-state index is 12.7. The molecule has 0 atom stereocenters. The Hall–Kier alpha value is -5.02. The second-order valence-corrected chi connectivity index (χ2v) is 9.69. The number of nitrogens with zero attached hydrogens (tertiary/aromatic N) is 1. The van der Waals surface area contributed by atoms with Gasteiger partial charge in [0.1, 0.15) is 6.61 Å². The van der Waals surface area contributed by atoms with Crippen molar-refractivity contribution in [1.29, 1.82) is 0 Å². The van der Waals surface area contributed by atoms with Crippen molar-refractivity contribution >= 4 is 35.3 Å². The van der Waals surface area contributed by atoms with Gasteiger partial charge in [0.15, 0.2) is 29.6 Å². The van der Waals surface area contributed by atoms with E-state index in [2.05, 4.69) is 15.8 Å². The Morgan fingerprint density at radius 3 is 2.37 bits per heavy atom. The van der Waals surface area contributed by atoms with Gasteiger partial charge in [0.25, 0.3) is 11.8 Å². The van der Waals surface area contributed by atoms with Gasteiger partial charge in [-0.15, -0.1) is 0 Å². The Morgan fingerprint density at radius 1 is 0.860 bits per heavy atom. The van der Waals surface area contributed by atoms with Gasteiger partial charge in [-0.3, -0.25) is 9.59 Å². The SMILES string of the molecule is CCOc1cc(/C=N/NC(=O)c2ccc(OCc3ccccc3)c(OC)c2)ccc1OCC(=O)Nc1ccc(C)c(Cl)c1. The summed E-state index contributed by atoms with van der Waals surface area (Å²) in [6, 6.07) is 25.0. The van der Waals surface area contributed by atoms with Gasteiger partial charge in [-0.2, -0.15) is 5.10 Å². The number of halogens is 1. The number of benzene rings is 4. The van der Waals surface area contributed by atoms with E-state index in [4.69, 9.17) is 30.5 Å². The third-order valence-corrected chi connectivity index (χ3v) is 6.53. The van der Waals surface area contributed by atoms with Gasteiger partial charge in [-0.05, 0) is 79.1 Å². The number of ether oxygens (including phenoxy) is 4. The van der Waals surface area contributed by atoms with E-state index in [1.54, 1.807) is 48.5 Å². The van der Waals surface area contributed by atoms with E-state index >= 15 is 0 Å². The summed E-state index contributed by atoms with van der Waals surface area (Å²) in [4.78, 5) is 25.1. The van der Waals surface area contributed by atoms with E-state index in [1.165, 1.54) is 13.3 Å². The molecule has 2 amide bonds. The topological polar surface area (TPSA) is 107 Å². The molecule has 0 radical (unpaired) electrons. The van der Waals surface area contributed by atoms with Gasteiger partial charge in [0, 0.05) is 16.3 Å². The lowest BCUT2D eigenvalue weighted by Crippen LogP contribution is -2.20. The van der Waals surface area contributed by atoms with Crippen LogP contribution in [0, 0.1) is 6.92 Å². The van der Waals surface area contributed by atoms with Crippen molar-refractivity contribution in [2.45, 2.75) is 20.5 Å². The number of nitrogens with one attached hydrogen (secondary N) is 2. The fraction of sp³-hybridized carbons (Fsp3) is 0.182. The molecular weight excluding hydrogens is 570 g/mol. The van der Waals surface area contributed by atoms with Crippen molar-refractivity contribution in [3.05, 3.63) is 112 Å². The van der Waals surface area contributed by atoms with Gasteiger partial charge in [0.05, 0.1) is 19.9 Å². The Morgan fingerprint density at radius 2 is 1.63 bits per heavy atom. The van der Waals surface area contributed by atoms with Crippen LogP contribution in [0.2, 0.25) is 5.02 Å². The third kappa shape index (κ3) is 8.98. The molecule has 0 aliphatic rings. The number of hydrazone groups is 1. The Kier molecular flexibility index (Phi) is 11.0. The fourth-order valence-electron chi connectivity index (χ4n) is 3.90. The monoisotopic (exact) mass is 601 g/mol. The lowest BCUT2D eigenvalue weighted by molar-refractivity contribution is -0.118. The summed E-state index contributed by atoms with van der Waals surface area (Å²) in [6.45, 7) is 4.25. The largest absolute Gasteiger partial charge is 0.493 e. The van der Waals surface area contributed by atoms with Gasteiger partial charge >= 0.3 is 0 Å². The standard InChI is InChI=1S/C33H32ClN3O6/c1-4-41-31-16-24(11-14-29(31)43-21-32(38)36-26-13-10-22(2)27(34)18-26)19-35-37-33(39)25-12-15-28(30(17-25)40-3)42-20-23-8-6-5-7-9-23/h5-19H,4,20-21H2,1-3H3,(H,36,38)(H,37,39)/b35-19+. The van der Waals surface area contributed by atoms with Crippen molar-refractivity contribution in [1.82, 2.24) is 5.43 Å². The minimum absolute atomic E-state index is 0.228. The molecule has 0 fully saturated rings. The van der Waals surface area contributed by atoms with Crippen LogP contribution in [-0.4, -0.2) is 38.4 Å². The van der Waals surface area contributed by atoms with Crippen LogP contribution in [0.4, 0.5) is 5.69 Å². The average Bonchev–Trinajstić information content (AvgIpc) is 3.02. The number of rotatable bonds is 13. The first-order valence-corrected chi connectivity index (χ1v) is 13.9. The molecule has 0 aliphatic heterocycles. The molecule has 0 heterocycles. The van der Waals surface area contributed by atoms with Crippen LogP contribution in [0.1, 0.15) is 34.0 Å². The van der Waals surface area contributed by atoms with Crippen LogP contribution in [-0.2, 0) is 11.4 Å². The number of methoxy groups -OCH3 is 1. The van der Waals surface area contributed by atoms with Gasteiger partial charge < -0.3 is 24.3 Å². The summed E-state index contributed by atoms with van der Waals surface area (Å²) in [5.41, 5.74) is 6.02. The summed E-state index contributed by atoms with van der Waals surface area (Å²) < 4.78 is 22.7. The maximum Gasteiger partial charge on any atom is 0.271 e. The highest BCUT2D eigenvalue weighted by Gasteiger charge is 2.12. The molecule has 0 saturated heterocycles. The van der Waals surface area contributed by atoms with E-state index in [-0.39, 0.29) is 12.5 Å². The number of carbonyl (C=O) groups excluding carboxylic acids is 2. The predicted octanol–water partition coefficient (Wildman–Crippen LogP) is 6.42. The molecule has 9 nitrogen and oxygen atoms in total. The van der Waals surface area contributed by atoms with Crippen molar-refractivity contribution in [3.8, 4) is 23.0 Å². The summed E-state index contributed by atoms with van der Waals surface area (Å²) in [5, 5.41) is 7.38. The van der Waals surface area contributed by atoms with E-state index in [9.17, 15) is 9.59 Å². The molecule has 0 bridgehead atoms. The molecule has 0 unspecified atom stereocenters. The lowest BCUT2D eigenvalue weighted by atomic mass is 10.2. The van der Waals surface area contributed by atoms with Gasteiger partial charge in [-0.25, -0.2) is 5.43 Å². The third-order valence-electron chi connectivity index (χ3n) is 6.12. The predicted molar refractivity (Wildman–Crippen MR) is 167 cm³/mol. The van der Waals surface area contributed by atoms with Crippen LogP contribution in [0.3, 0.4) is 0 Å². The number of carbonyl (C=O) groups is 2. The van der Waals surface area contributed by atoms with Crippen LogP contribution >= 0.6 is 11.6 Å². The quantitative estimate of drug-likeness (QED) is 0.135. The number of amides is 2. The zero-order chi connectivity index (χ0) is 30.6. The minimum Gasteiger partial charge on any atom is -0.493 e. The summed E-state index contributed by atoms with van der Waals surface area (Å²) in [5.74, 6) is 1.01. The van der Waals surface area contributed by atoms with E-state index in [1.807, 2.05) is 50.2 Å². The fourth-order valence-corrected chi connectivity index (χ4v) is 4.08. The first kappa shape index (κ1) is 30.9. The van der Waals surface area contributed by atoms with E-state index in [0.717, 1.165) is 11.1 Å². The second kappa shape index (κ2) is 15.3. The molecule has 0 aliphatic carbocycles. The summed E-state index contributed by atoms with van der Waals surface area (Å²) >= 11 is 6.13.